The maximum atomic E-state index is 12.9. The van der Waals surface area contributed by atoms with Crippen molar-refractivity contribution in [1.29, 1.82) is 0 Å². The normalized spacial score (nSPS) is 17.1. The van der Waals surface area contributed by atoms with Gasteiger partial charge in [-0.1, -0.05) is 17.7 Å². The Morgan fingerprint density at radius 2 is 1.81 bits per heavy atom. The van der Waals surface area contributed by atoms with Crippen molar-refractivity contribution in [1.82, 2.24) is 14.7 Å². The summed E-state index contributed by atoms with van der Waals surface area (Å²) in [7, 11) is -5.20. The van der Waals surface area contributed by atoms with E-state index in [1.807, 2.05) is 6.92 Å². The van der Waals surface area contributed by atoms with Crippen LogP contribution in [0, 0.1) is 6.92 Å². The van der Waals surface area contributed by atoms with Crippen LogP contribution in [0.2, 0.25) is 0 Å². The Morgan fingerprint density at radius 1 is 1.19 bits per heavy atom. The summed E-state index contributed by atoms with van der Waals surface area (Å²) in [6, 6.07) is 6.25. The number of rotatable bonds is 3. The molecule has 0 radical (unpaired) electrons. The van der Waals surface area contributed by atoms with Gasteiger partial charge in [-0.25, -0.2) is 4.21 Å². The third-order valence-electron chi connectivity index (χ3n) is 4.15. The van der Waals surface area contributed by atoms with Gasteiger partial charge in [-0.05, 0) is 19.1 Å². The van der Waals surface area contributed by atoms with E-state index >= 15 is 0 Å². The van der Waals surface area contributed by atoms with Crippen LogP contribution in [-0.2, 0) is 26.8 Å². The van der Waals surface area contributed by atoms with Crippen molar-refractivity contribution in [3.8, 4) is 0 Å². The van der Waals surface area contributed by atoms with Gasteiger partial charge in [0.1, 0.15) is 0 Å². The molecule has 1 aliphatic heterocycles. The molecule has 0 atom stereocenters. The van der Waals surface area contributed by atoms with E-state index in [1.165, 1.54) is 23.0 Å². The molecule has 1 saturated heterocycles. The zero-order valence-corrected chi connectivity index (χ0v) is 16.2. The molecule has 0 spiro atoms. The van der Waals surface area contributed by atoms with Gasteiger partial charge in [0.15, 0.2) is 0 Å². The second-order valence-corrected chi connectivity index (χ2v) is 10.6. The molecule has 0 N–H and O–H groups in total. The highest BCUT2D eigenvalue weighted by atomic mass is 32.3. The van der Waals surface area contributed by atoms with E-state index in [9.17, 15) is 17.4 Å². The number of hydrogen-bond donors (Lipinski definition) is 0. The number of aromatic nitrogens is 2. The van der Waals surface area contributed by atoms with Gasteiger partial charge in [-0.2, -0.15) is 13.5 Å². The Kier molecular flexibility index (Phi) is 4.89. The van der Waals surface area contributed by atoms with E-state index in [0.29, 0.717) is 5.56 Å². The predicted molar refractivity (Wildman–Crippen MR) is 97.8 cm³/mol. The molecule has 1 amide bonds. The third-order valence-corrected chi connectivity index (χ3v) is 8.53. The topological polar surface area (TPSA) is 102 Å². The number of nitrogens with zero attached hydrogens (tertiary/aromatic N) is 4. The summed E-state index contributed by atoms with van der Waals surface area (Å²) in [4.78, 5) is 14.0. The van der Waals surface area contributed by atoms with Crippen molar-refractivity contribution in [2.75, 3.05) is 24.6 Å². The fourth-order valence-electron chi connectivity index (χ4n) is 2.64. The first-order valence-corrected chi connectivity index (χ1v) is 11.3. The lowest BCUT2D eigenvalue weighted by Crippen LogP contribution is -2.43. The van der Waals surface area contributed by atoms with Crippen LogP contribution in [0.4, 0.5) is 0 Å². The van der Waals surface area contributed by atoms with Crippen molar-refractivity contribution < 1.29 is 17.4 Å². The maximum Gasteiger partial charge on any atom is 0.290 e. The Morgan fingerprint density at radius 3 is 2.35 bits per heavy atom. The fraction of sp³-hybridized carbons (Fsp3) is 0.375. The summed E-state index contributed by atoms with van der Waals surface area (Å²) in [5.41, 5.74) is 1.38. The van der Waals surface area contributed by atoms with Crippen molar-refractivity contribution in [2.24, 2.45) is 10.8 Å². The van der Waals surface area contributed by atoms with Gasteiger partial charge in [0.05, 0.1) is 37.9 Å². The molecule has 1 aromatic heterocycles. The summed E-state index contributed by atoms with van der Waals surface area (Å²) >= 11 is 0. The molecular formula is C16H20N4O4S2. The van der Waals surface area contributed by atoms with E-state index in [4.69, 9.17) is 0 Å². The minimum atomic E-state index is -3.99. The summed E-state index contributed by atoms with van der Waals surface area (Å²) in [5.74, 6) is -0.144. The molecule has 8 nitrogen and oxygen atoms in total. The number of hydrogen-bond acceptors (Lipinski definition) is 5. The molecule has 3 rings (SSSR count). The van der Waals surface area contributed by atoms with Gasteiger partial charge in [0, 0.05) is 26.3 Å². The van der Waals surface area contributed by atoms with Gasteiger partial charge in [-0.15, -0.1) is 3.77 Å². The van der Waals surface area contributed by atoms with E-state index in [0.717, 1.165) is 5.56 Å². The van der Waals surface area contributed by atoms with Crippen LogP contribution in [0.5, 0.6) is 0 Å². The first-order chi connectivity index (χ1) is 12.2. The van der Waals surface area contributed by atoms with Crippen LogP contribution in [0.15, 0.2) is 45.3 Å². The lowest BCUT2D eigenvalue weighted by Gasteiger charge is -2.28. The Hall–Kier alpha value is -2.20. The van der Waals surface area contributed by atoms with Crippen LogP contribution < -0.4 is 0 Å². The van der Waals surface area contributed by atoms with Gasteiger partial charge < -0.3 is 4.90 Å². The Labute approximate surface area is 153 Å². The smallest absolute Gasteiger partial charge is 0.290 e. The quantitative estimate of drug-likeness (QED) is 0.771. The van der Waals surface area contributed by atoms with Gasteiger partial charge in [0.2, 0.25) is 0 Å². The number of carbonyl (C=O) groups is 1. The molecule has 0 aliphatic carbocycles. The molecule has 26 heavy (non-hydrogen) atoms. The molecule has 0 unspecified atom stereocenters. The van der Waals surface area contributed by atoms with Gasteiger partial charge in [-0.3, -0.25) is 9.48 Å². The monoisotopic (exact) mass is 396 g/mol. The highest BCUT2D eigenvalue weighted by Gasteiger charge is 2.28. The molecule has 1 fully saturated rings. The van der Waals surface area contributed by atoms with Gasteiger partial charge >= 0.3 is 0 Å². The highest BCUT2D eigenvalue weighted by Crippen LogP contribution is 2.18. The van der Waals surface area contributed by atoms with Crippen LogP contribution >= 0.6 is 0 Å². The lowest BCUT2D eigenvalue weighted by atomic mass is 10.2. The predicted octanol–water partition coefficient (Wildman–Crippen LogP) is 1.04. The number of aryl methyl sites for hydroxylation is 2. The minimum absolute atomic E-state index is 0.0275. The SMILES string of the molecule is Cc1ccc(S(=O)(=O)N=S2(=O)CCN(C(=O)c3cnn(C)c3)CC2)cc1. The molecule has 0 saturated carbocycles. The number of amides is 1. The van der Waals surface area contributed by atoms with Crippen molar-refractivity contribution >= 4 is 25.7 Å². The maximum absolute atomic E-state index is 12.9. The summed E-state index contributed by atoms with van der Waals surface area (Å²) < 4.78 is 43.0. The third kappa shape index (κ3) is 3.96. The van der Waals surface area contributed by atoms with Crippen LogP contribution in [0.25, 0.3) is 0 Å². The van der Waals surface area contributed by atoms with E-state index in [-0.39, 0.29) is 35.4 Å². The second-order valence-electron chi connectivity index (χ2n) is 6.24. The summed E-state index contributed by atoms with van der Waals surface area (Å²) in [6.07, 6.45) is 3.08. The Balaban J connectivity index is 1.76. The zero-order valence-electron chi connectivity index (χ0n) is 14.5. The second kappa shape index (κ2) is 6.84. The van der Waals surface area contributed by atoms with Crippen molar-refractivity contribution in [2.45, 2.75) is 11.8 Å². The molecule has 1 aliphatic rings. The minimum Gasteiger partial charge on any atom is -0.337 e. The number of carbonyl (C=O) groups excluding carboxylic acids is 1. The average Bonchev–Trinajstić information content (AvgIpc) is 3.01. The average molecular weight is 396 g/mol. The first-order valence-electron chi connectivity index (χ1n) is 8.02. The van der Waals surface area contributed by atoms with Crippen molar-refractivity contribution in [3.63, 3.8) is 0 Å². The zero-order chi connectivity index (χ0) is 18.9. The molecule has 140 valence electrons. The highest BCUT2D eigenvalue weighted by molar-refractivity contribution is 8.03. The number of benzene rings is 1. The lowest BCUT2D eigenvalue weighted by molar-refractivity contribution is 0.0771. The summed E-state index contributed by atoms with van der Waals surface area (Å²) in [6.45, 7) is 2.24. The van der Waals surface area contributed by atoms with Gasteiger partial charge in [0.25, 0.3) is 15.9 Å². The molecule has 2 aromatic rings. The first kappa shape index (κ1) is 18.6. The van der Waals surface area contributed by atoms with E-state index in [1.54, 1.807) is 30.3 Å². The molecule has 10 heteroatoms. The standard InChI is InChI=1S/C16H20N4O4S2/c1-13-3-5-15(6-4-13)26(23,24)18-25(22)9-7-20(8-10-25)16(21)14-11-17-19(2)12-14/h3-6,11-12H,7-10H2,1-2H3. The van der Waals surface area contributed by atoms with Crippen LogP contribution in [0.1, 0.15) is 15.9 Å². The Bertz CT molecular complexity index is 1030. The van der Waals surface area contributed by atoms with E-state index < -0.39 is 19.8 Å². The fourth-order valence-corrected chi connectivity index (χ4v) is 6.71. The molecule has 1 aromatic carbocycles. The molecular weight excluding hydrogens is 376 g/mol. The molecule has 2 heterocycles. The number of sulfonamides is 1. The van der Waals surface area contributed by atoms with Crippen molar-refractivity contribution in [3.05, 3.63) is 47.8 Å². The molecule has 0 bridgehead atoms. The van der Waals surface area contributed by atoms with E-state index in [2.05, 4.69) is 8.87 Å². The van der Waals surface area contributed by atoms with Crippen LogP contribution in [-0.4, -0.2) is 57.8 Å². The van der Waals surface area contributed by atoms with Crippen LogP contribution in [0.3, 0.4) is 0 Å². The summed E-state index contributed by atoms with van der Waals surface area (Å²) in [5, 5.41) is 3.96. The largest absolute Gasteiger partial charge is 0.337 e.